The van der Waals surface area contributed by atoms with Gasteiger partial charge in [0.15, 0.2) is 5.82 Å². The molecule has 1 fully saturated rings. The highest BCUT2D eigenvalue weighted by Crippen LogP contribution is 2.28. The fraction of sp³-hybridized carbons (Fsp3) is 0.429. The number of Topliss-reactive ketones (excluding diaryl/α,β-unsaturated/α-hetero) is 1. The number of hydrogen-bond donors (Lipinski definition) is 0. The normalized spacial score (nSPS) is 19.6. The zero-order chi connectivity index (χ0) is 13.1. The van der Waals surface area contributed by atoms with E-state index in [4.69, 9.17) is 4.52 Å². The molecule has 2 aromatic rings. The average molecular weight is 257 g/mol. The third kappa shape index (κ3) is 2.70. The number of ketones is 1. The lowest BCUT2D eigenvalue weighted by Gasteiger charge is -2.16. The van der Waals surface area contributed by atoms with Gasteiger partial charge >= 0.3 is 0 Å². The van der Waals surface area contributed by atoms with Crippen molar-refractivity contribution in [1.82, 2.24) is 15.1 Å². The Balaban J connectivity index is 1.74. The molecule has 0 saturated heterocycles. The number of nitrogens with zero attached hydrogens (tertiary/aromatic N) is 3. The van der Waals surface area contributed by atoms with Crippen molar-refractivity contribution in [1.29, 1.82) is 0 Å². The smallest absolute Gasteiger partial charge is 0.237 e. The van der Waals surface area contributed by atoms with Crippen LogP contribution in [0.25, 0.3) is 0 Å². The van der Waals surface area contributed by atoms with Gasteiger partial charge in [-0.05, 0) is 25.0 Å². The van der Waals surface area contributed by atoms with E-state index in [0.29, 0.717) is 24.6 Å². The summed E-state index contributed by atoms with van der Waals surface area (Å²) in [5.74, 6) is 1.08. The van der Waals surface area contributed by atoms with E-state index in [9.17, 15) is 4.79 Å². The molecule has 0 N–H and O–H groups in total. The Labute approximate surface area is 111 Å². The van der Waals surface area contributed by atoms with E-state index in [1.54, 1.807) is 6.20 Å². The SMILES string of the molecule is O=C1CCCCC1c1nc(Cc2ccccn2)no1. The monoisotopic (exact) mass is 257 g/mol. The third-order valence-electron chi connectivity index (χ3n) is 3.40. The predicted octanol–water partition coefficient (Wildman–Crippen LogP) is 2.28. The molecule has 1 saturated carbocycles. The Morgan fingerprint density at radius 2 is 2.26 bits per heavy atom. The number of hydrogen-bond acceptors (Lipinski definition) is 5. The van der Waals surface area contributed by atoms with Crippen LogP contribution in [0.3, 0.4) is 0 Å². The maximum atomic E-state index is 11.8. The van der Waals surface area contributed by atoms with Crippen molar-refractivity contribution in [2.24, 2.45) is 0 Å². The molecule has 3 rings (SSSR count). The van der Waals surface area contributed by atoms with Gasteiger partial charge in [-0.15, -0.1) is 0 Å². The van der Waals surface area contributed by atoms with E-state index in [1.165, 1.54) is 0 Å². The van der Waals surface area contributed by atoms with Crippen LogP contribution in [0.4, 0.5) is 0 Å². The highest BCUT2D eigenvalue weighted by Gasteiger charge is 2.28. The van der Waals surface area contributed by atoms with Crippen molar-refractivity contribution in [3.63, 3.8) is 0 Å². The molecule has 1 unspecified atom stereocenters. The molecular weight excluding hydrogens is 242 g/mol. The molecule has 2 heterocycles. The quantitative estimate of drug-likeness (QED) is 0.843. The first kappa shape index (κ1) is 12.0. The lowest BCUT2D eigenvalue weighted by atomic mass is 9.88. The van der Waals surface area contributed by atoms with Crippen LogP contribution in [0.5, 0.6) is 0 Å². The van der Waals surface area contributed by atoms with E-state index < -0.39 is 0 Å². The Bertz CT molecular complexity index is 565. The minimum atomic E-state index is -0.196. The van der Waals surface area contributed by atoms with Crippen molar-refractivity contribution in [3.8, 4) is 0 Å². The minimum Gasteiger partial charge on any atom is -0.339 e. The first-order chi connectivity index (χ1) is 9.33. The second-order valence-electron chi connectivity index (χ2n) is 4.81. The molecule has 0 amide bonds. The molecule has 0 aromatic carbocycles. The molecule has 1 aliphatic rings. The predicted molar refractivity (Wildman–Crippen MR) is 67.6 cm³/mol. The average Bonchev–Trinajstić information content (AvgIpc) is 2.89. The van der Waals surface area contributed by atoms with Crippen molar-refractivity contribution < 1.29 is 9.32 Å². The van der Waals surface area contributed by atoms with E-state index in [0.717, 1.165) is 25.0 Å². The van der Waals surface area contributed by atoms with E-state index in [2.05, 4.69) is 15.1 Å². The molecule has 1 atom stereocenters. The van der Waals surface area contributed by atoms with E-state index in [-0.39, 0.29) is 11.7 Å². The molecule has 0 aliphatic heterocycles. The summed E-state index contributed by atoms with van der Waals surface area (Å²) in [6, 6.07) is 5.71. The third-order valence-corrected chi connectivity index (χ3v) is 3.40. The van der Waals surface area contributed by atoms with Crippen molar-refractivity contribution in [2.75, 3.05) is 0 Å². The van der Waals surface area contributed by atoms with E-state index >= 15 is 0 Å². The maximum Gasteiger partial charge on any atom is 0.237 e. The molecule has 0 bridgehead atoms. The summed E-state index contributed by atoms with van der Waals surface area (Å²) >= 11 is 0. The number of pyridine rings is 1. The van der Waals surface area contributed by atoms with Gasteiger partial charge in [0.2, 0.25) is 5.89 Å². The molecule has 0 spiro atoms. The molecule has 1 aliphatic carbocycles. The lowest BCUT2D eigenvalue weighted by molar-refractivity contribution is -0.122. The highest BCUT2D eigenvalue weighted by molar-refractivity contribution is 5.85. The molecule has 5 nitrogen and oxygen atoms in total. The topological polar surface area (TPSA) is 68.9 Å². The summed E-state index contributed by atoms with van der Waals surface area (Å²) in [4.78, 5) is 20.4. The van der Waals surface area contributed by atoms with Gasteiger partial charge in [-0.25, -0.2) is 0 Å². The van der Waals surface area contributed by atoms with Gasteiger partial charge in [0.1, 0.15) is 5.78 Å². The Hall–Kier alpha value is -2.04. The van der Waals surface area contributed by atoms with Crippen LogP contribution >= 0.6 is 0 Å². The molecular formula is C14H15N3O2. The zero-order valence-electron chi connectivity index (χ0n) is 10.6. The number of aromatic nitrogens is 3. The minimum absolute atomic E-state index is 0.196. The first-order valence-electron chi connectivity index (χ1n) is 6.58. The fourth-order valence-electron chi connectivity index (χ4n) is 2.39. The molecule has 0 radical (unpaired) electrons. The summed E-state index contributed by atoms with van der Waals surface area (Å²) < 4.78 is 5.24. The highest BCUT2D eigenvalue weighted by atomic mass is 16.5. The van der Waals surface area contributed by atoms with Gasteiger partial charge in [0, 0.05) is 18.3 Å². The second-order valence-corrected chi connectivity index (χ2v) is 4.81. The summed E-state index contributed by atoms with van der Waals surface area (Å²) in [5.41, 5.74) is 0.893. The van der Waals surface area contributed by atoms with Crippen molar-refractivity contribution in [3.05, 3.63) is 41.8 Å². The summed E-state index contributed by atoms with van der Waals surface area (Å²) in [6.45, 7) is 0. The van der Waals surface area contributed by atoms with E-state index in [1.807, 2.05) is 18.2 Å². The number of carbonyl (C=O) groups excluding carboxylic acids is 1. The largest absolute Gasteiger partial charge is 0.339 e. The lowest BCUT2D eigenvalue weighted by Crippen LogP contribution is -2.17. The van der Waals surface area contributed by atoms with Crippen LogP contribution in [-0.4, -0.2) is 20.9 Å². The van der Waals surface area contributed by atoms with Gasteiger partial charge in [-0.3, -0.25) is 9.78 Å². The van der Waals surface area contributed by atoms with Gasteiger partial charge < -0.3 is 4.52 Å². The van der Waals surface area contributed by atoms with Crippen LogP contribution in [0.2, 0.25) is 0 Å². The molecule has 2 aromatic heterocycles. The first-order valence-corrected chi connectivity index (χ1v) is 6.58. The van der Waals surface area contributed by atoms with Crippen LogP contribution in [0.15, 0.2) is 28.9 Å². The van der Waals surface area contributed by atoms with Crippen LogP contribution in [-0.2, 0) is 11.2 Å². The molecule has 98 valence electrons. The fourth-order valence-corrected chi connectivity index (χ4v) is 2.39. The van der Waals surface area contributed by atoms with Crippen molar-refractivity contribution in [2.45, 2.75) is 38.0 Å². The Kier molecular flexibility index (Phi) is 3.35. The summed E-state index contributed by atoms with van der Waals surface area (Å²) in [6.07, 6.45) is 5.75. The Morgan fingerprint density at radius 3 is 3.05 bits per heavy atom. The standard InChI is InChI=1S/C14H15N3O2/c18-12-7-2-1-6-11(12)14-16-13(17-19-14)9-10-5-3-4-8-15-10/h3-5,8,11H,1-2,6-7,9H2. The molecule has 5 heteroatoms. The molecule has 19 heavy (non-hydrogen) atoms. The van der Waals surface area contributed by atoms with Crippen LogP contribution < -0.4 is 0 Å². The van der Waals surface area contributed by atoms with Gasteiger partial charge in [0.05, 0.1) is 12.3 Å². The zero-order valence-corrected chi connectivity index (χ0v) is 10.6. The van der Waals surface area contributed by atoms with Gasteiger partial charge in [0.25, 0.3) is 0 Å². The summed E-state index contributed by atoms with van der Waals surface area (Å²) in [7, 11) is 0. The number of rotatable bonds is 3. The number of carbonyl (C=O) groups is 1. The van der Waals surface area contributed by atoms with Crippen molar-refractivity contribution >= 4 is 5.78 Å². The van der Waals surface area contributed by atoms with Crippen LogP contribution in [0.1, 0.15) is 49.0 Å². The van der Waals surface area contributed by atoms with Crippen LogP contribution in [0, 0.1) is 0 Å². The summed E-state index contributed by atoms with van der Waals surface area (Å²) in [5, 5.41) is 3.94. The van der Waals surface area contributed by atoms with Gasteiger partial charge in [-0.1, -0.05) is 17.6 Å². The second kappa shape index (κ2) is 5.30. The Morgan fingerprint density at radius 1 is 1.32 bits per heavy atom. The van der Waals surface area contributed by atoms with Gasteiger partial charge in [-0.2, -0.15) is 4.98 Å². The maximum absolute atomic E-state index is 11.8.